The Morgan fingerprint density at radius 1 is 1.75 bits per heavy atom. The van der Waals surface area contributed by atoms with Gasteiger partial charge in [-0.2, -0.15) is 0 Å². The highest BCUT2D eigenvalue weighted by Crippen LogP contribution is 2.16. The van der Waals surface area contributed by atoms with E-state index in [2.05, 4.69) is 22.5 Å². The van der Waals surface area contributed by atoms with E-state index in [1.807, 2.05) is 0 Å². The summed E-state index contributed by atoms with van der Waals surface area (Å²) in [5, 5.41) is 0.284. The molecule has 0 spiro atoms. The standard InChI is InChI=1S/C5H7BrClN/c1-3(4(2)6)5(7)8/h2,8H2,1H3/b5-3+. The number of nitrogens with two attached hydrogens (primary N) is 1. The van der Waals surface area contributed by atoms with Crippen LogP contribution >= 0.6 is 27.5 Å². The smallest absolute Gasteiger partial charge is 0.103 e. The summed E-state index contributed by atoms with van der Waals surface area (Å²) in [4.78, 5) is 0. The van der Waals surface area contributed by atoms with Gasteiger partial charge in [0.15, 0.2) is 0 Å². The molecule has 8 heavy (non-hydrogen) atoms. The minimum absolute atomic E-state index is 0.284. The SMILES string of the molecule is C=C(Br)/C(C)=C(/N)Cl. The van der Waals surface area contributed by atoms with Gasteiger partial charge in [0.1, 0.15) is 5.16 Å². The molecule has 0 atom stereocenters. The Morgan fingerprint density at radius 2 is 2.12 bits per heavy atom. The summed E-state index contributed by atoms with van der Waals surface area (Å²) in [7, 11) is 0. The van der Waals surface area contributed by atoms with Crippen LogP contribution in [0.1, 0.15) is 6.92 Å². The van der Waals surface area contributed by atoms with Gasteiger partial charge >= 0.3 is 0 Å². The maximum Gasteiger partial charge on any atom is 0.103 e. The van der Waals surface area contributed by atoms with Crippen LogP contribution in [0.25, 0.3) is 0 Å². The minimum atomic E-state index is 0.284. The van der Waals surface area contributed by atoms with Crippen molar-refractivity contribution in [2.24, 2.45) is 5.73 Å². The van der Waals surface area contributed by atoms with Gasteiger partial charge < -0.3 is 5.73 Å². The highest BCUT2D eigenvalue weighted by molar-refractivity contribution is 9.11. The molecular formula is C5H7BrClN. The Balaban J connectivity index is 4.23. The van der Waals surface area contributed by atoms with E-state index in [0.717, 1.165) is 10.1 Å². The molecule has 0 aromatic rings. The molecule has 0 aromatic carbocycles. The van der Waals surface area contributed by atoms with Gasteiger partial charge in [0.2, 0.25) is 0 Å². The third-order valence-electron chi connectivity index (χ3n) is 0.765. The van der Waals surface area contributed by atoms with Crippen LogP contribution in [0, 0.1) is 0 Å². The Hall–Kier alpha value is 0.0500. The third kappa shape index (κ3) is 2.38. The second kappa shape index (κ2) is 3.15. The molecule has 0 rings (SSSR count). The lowest BCUT2D eigenvalue weighted by Gasteiger charge is -1.95. The Kier molecular flexibility index (Phi) is 3.17. The molecule has 0 amide bonds. The van der Waals surface area contributed by atoms with Crippen LogP contribution < -0.4 is 5.73 Å². The maximum atomic E-state index is 5.39. The molecule has 46 valence electrons. The van der Waals surface area contributed by atoms with Gasteiger partial charge in [-0.25, -0.2) is 0 Å². The van der Waals surface area contributed by atoms with Crippen LogP contribution in [0.5, 0.6) is 0 Å². The normalized spacial score (nSPS) is 12.9. The molecule has 2 N–H and O–H groups in total. The fraction of sp³-hybridized carbons (Fsp3) is 0.200. The van der Waals surface area contributed by atoms with Gasteiger partial charge in [-0.05, 0) is 12.5 Å². The quantitative estimate of drug-likeness (QED) is 0.506. The molecule has 0 aromatic heterocycles. The monoisotopic (exact) mass is 195 g/mol. The first-order valence-corrected chi connectivity index (χ1v) is 3.19. The van der Waals surface area contributed by atoms with Crippen LogP contribution in [0.2, 0.25) is 0 Å². The highest BCUT2D eigenvalue weighted by atomic mass is 79.9. The van der Waals surface area contributed by atoms with Crippen molar-refractivity contribution in [1.29, 1.82) is 0 Å². The van der Waals surface area contributed by atoms with Crippen LogP contribution in [0.15, 0.2) is 21.8 Å². The van der Waals surface area contributed by atoms with Crippen molar-refractivity contribution in [2.75, 3.05) is 0 Å². The molecule has 0 bridgehead atoms. The number of hydrogen-bond acceptors (Lipinski definition) is 1. The molecule has 1 nitrogen and oxygen atoms in total. The Labute approximate surface area is 62.3 Å². The average molecular weight is 196 g/mol. The Morgan fingerprint density at radius 3 is 2.12 bits per heavy atom. The number of allylic oxidation sites excluding steroid dienone is 2. The highest BCUT2D eigenvalue weighted by Gasteiger charge is 1.93. The molecular weight excluding hydrogens is 189 g/mol. The molecule has 0 aliphatic heterocycles. The summed E-state index contributed by atoms with van der Waals surface area (Å²) in [6.45, 7) is 5.36. The van der Waals surface area contributed by atoms with E-state index in [4.69, 9.17) is 17.3 Å². The lowest BCUT2D eigenvalue weighted by Crippen LogP contribution is -1.91. The van der Waals surface area contributed by atoms with E-state index in [-0.39, 0.29) is 5.16 Å². The first-order chi connectivity index (χ1) is 3.55. The van der Waals surface area contributed by atoms with Crippen molar-refractivity contribution in [3.8, 4) is 0 Å². The number of rotatable bonds is 1. The summed E-state index contributed by atoms with van der Waals surface area (Å²) < 4.78 is 0.727. The number of halogens is 2. The van der Waals surface area contributed by atoms with Crippen molar-refractivity contribution in [3.05, 3.63) is 21.8 Å². The van der Waals surface area contributed by atoms with Gasteiger partial charge in [-0.15, -0.1) is 0 Å². The zero-order valence-corrected chi connectivity index (χ0v) is 6.88. The van der Waals surface area contributed by atoms with E-state index >= 15 is 0 Å². The van der Waals surface area contributed by atoms with Gasteiger partial charge in [0.05, 0.1) is 0 Å². The summed E-state index contributed by atoms with van der Waals surface area (Å²) >= 11 is 8.51. The summed E-state index contributed by atoms with van der Waals surface area (Å²) in [5.41, 5.74) is 5.98. The van der Waals surface area contributed by atoms with E-state index in [1.54, 1.807) is 6.92 Å². The summed E-state index contributed by atoms with van der Waals surface area (Å²) in [5.74, 6) is 0. The fourth-order valence-corrected chi connectivity index (χ4v) is 0.571. The van der Waals surface area contributed by atoms with E-state index in [0.29, 0.717) is 0 Å². The fourth-order valence-electron chi connectivity index (χ4n) is 0.130. The molecule has 0 radical (unpaired) electrons. The first kappa shape index (κ1) is 8.05. The lowest BCUT2D eigenvalue weighted by atomic mass is 10.3. The van der Waals surface area contributed by atoms with Gasteiger partial charge in [0.25, 0.3) is 0 Å². The van der Waals surface area contributed by atoms with Gasteiger partial charge in [-0.3, -0.25) is 0 Å². The topological polar surface area (TPSA) is 26.0 Å². The summed E-state index contributed by atoms with van der Waals surface area (Å²) in [6.07, 6.45) is 0. The van der Waals surface area contributed by atoms with Crippen molar-refractivity contribution in [2.45, 2.75) is 6.92 Å². The average Bonchev–Trinajstić information content (AvgIpc) is 1.64. The maximum absolute atomic E-state index is 5.39. The molecule has 0 fully saturated rings. The Bertz CT molecular complexity index is 135. The van der Waals surface area contributed by atoms with Crippen LogP contribution in [-0.4, -0.2) is 0 Å². The van der Waals surface area contributed by atoms with Crippen LogP contribution in [-0.2, 0) is 0 Å². The van der Waals surface area contributed by atoms with Crippen molar-refractivity contribution < 1.29 is 0 Å². The molecule has 0 aliphatic carbocycles. The third-order valence-corrected chi connectivity index (χ3v) is 1.64. The zero-order valence-electron chi connectivity index (χ0n) is 4.54. The van der Waals surface area contributed by atoms with Gasteiger partial charge in [-0.1, -0.05) is 34.1 Å². The second-order valence-corrected chi connectivity index (χ2v) is 2.74. The second-order valence-electron chi connectivity index (χ2n) is 1.38. The van der Waals surface area contributed by atoms with E-state index in [1.165, 1.54) is 0 Å². The molecule has 0 saturated heterocycles. The lowest BCUT2D eigenvalue weighted by molar-refractivity contribution is 1.39. The van der Waals surface area contributed by atoms with E-state index < -0.39 is 0 Å². The number of hydrogen-bond donors (Lipinski definition) is 1. The summed E-state index contributed by atoms with van der Waals surface area (Å²) in [6, 6.07) is 0. The van der Waals surface area contributed by atoms with Crippen molar-refractivity contribution in [3.63, 3.8) is 0 Å². The molecule has 0 heterocycles. The molecule has 0 aliphatic rings. The largest absolute Gasteiger partial charge is 0.389 e. The first-order valence-electron chi connectivity index (χ1n) is 2.02. The van der Waals surface area contributed by atoms with Crippen LogP contribution in [0.4, 0.5) is 0 Å². The molecule has 0 unspecified atom stereocenters. The van der Waals surface area contributed by atoms with Crippen LogP contribution in [0.3, 0.4) is 0 Å². The van der Waals surface area contributed by atoms with Gasteiger partial charge in [0, 0.05) is 4.48 Å². The predicted molar refractivity (Wildman–Crippen MR) is 40.8 cm³/mol. The molecule has 3 heteroatoms. The van der Waals surface area contributed by atoms with Crippen molar-refractivity contribution in [1.82, 2.24) is 0 Å². The van der Waals surface area contributed by atoms with Crippen molar-refractivity contribution >= 4 is 27.5 Å². The zero-order chi connectivity index (χ0) is 6.73. The predicted octanol–water partition coefficient (Wildman–Crippen LogP) is 2.32. The van der Waals surface area contributed by atoms with E-state index in [9.17, 15) is 0 Å². The minimum Gasteiger partial charge on any atom is -0.389 e. The molecule has 0 saturated carbocycles.